The topological polar surface area (TPSA) is 75.7 Å². The van der Waals surface area contributed by atoms with Crippen molar-refractivity contribution in [2.45, 2.75) is 43.8 Å². The second-order valence-corrected chi connectivity index (χ2v) is 7.21. The van der Waals surface area contributed by atoms with E-state index < -0.39 is 0 Å². The third-order valence-electron chi connectivity index (χ3n) is 5.19. The lowest BCUT2D eigenvalue weighted by atomic mass is 9.95. The maximum absolute atomic E-state index is 12.4. The van der Waals surface area contributed by atoms with Crippen molar-refractivity contribution in [1.82, 2.24) is 19.9 Å². The molecule has 3 heterocycles. The Kier molecular flexibility index (Phi) is 4.71. The minimum absolute atomic E-state index is 0.153. The molecule has 0 saturated carbocycles. The van der Waals surface area contributed by atoms with E-state index in [2.05, 4.69) is 38.6 Å². The lowest BCUT2D eigenvalue weighted by molar-refractivity contribution is -0.136. The minimum atomic E-state index is -0.383. The smallest absolute Gasteiger partial charge is 0.222 e. The van der Waals surface area contributed by atoms with E-state index in [0.29, 0.717) is 38.9 Å². The van der Waals surface area contributed by atoms with Gasteiger partial charge in [-0.15, -0.1) is 17.4 Å². The SMILES string of the molecule is C#CCCC1(CCC(=O)N2CC(c3cn(Cc4ccccc4)nn3)C2)N=N1. The van der Waals surface area contributed by atoms with Gasteiger partial charge in [0, 0.05) is 50.9 Å². The number of rotatable bonds is 8. The zero-order valence-electron chi connectivity index (χ0n) is 15.2. The van der Waals surface area contributed by atoms with Crippen molar-refractivity contribution >= 4 is 5.91 Å². The quantitative estimate of drug-likeness (QED) is 0.678. The van der Waals surface area contributed by atoms with E-state index in [0.717, 1.165) is 12.1 Å². The number of likely N-dealkylation sites (tertiary alicyclic amines) is 1. The lowest BCUT2D eigenvalue weighted by Gasteiger charge is -2.38. The Hall–Kier alpha value is -3.01. The Bertz CT molecular complexity index is 869. The second-order valence-electron chi connectivity index (χ2n) is 7.21. The number of terminal acetylenes is 1. The average molecular weight is 362 g/mol. The van der Waals surface area contributed by atoms with Gasteiger partial charge in [-0.25, -0.2) is 4.68 Å². The molecule has 7 heteroatoms. The third kappa shape index (κ3) is 4.05. The summed E-state index contributed by atoms with van der Waals surface area (Å²) in [4.78, 5) is 14.2. The highest BCUT2D eigenvalue weighted by Gasteiger charge is 2.41. The van der Waals surface area contributed by atoms with Gasteiger partial charge in [-0.2, -0.15) is 10.2 Å². The predicted molar refractivity (Wildman–Crippen MR) is 99.8 cm³/mol. The van der Waals surface area contributed by atoms with Crippen LogP contribution in [0.2, 0.25) is 0 Å². The number of hydrogen-bond donors (Lipinski definition) is 0. The normalized spacial score (nSPS) is 17.4. The molecule has 1 amide bonds. The van der Waals surface area contributed by atoms with Gasteiger partial charge in [-0.3, -0.25) is 4.79 Å². The Morgan fingerprint density at radius 3 is 2.70 bits per heavy atom. The number of carbonyl (C=O) groups excluding carboxylic acids is 1. The number of amides is 1. The molecule has 0 N–H and O–H groups in total. The van der Waals surface area contributed by atoms with Gasteiger partial charge in [0.2, 0.25) is 5.91 Å². The van der Waals surface area contributed by atoms with Crippen LogP contribution in [0.1, 0.15) is 42.9 Å². The van der Waals surface area contributed by atoms with Crippen molar-refractivity contribution in [3.05, 3.63) is 47.8 Å². The van der Waals surface area contributed by atoms with E-state index in [9.17, 15) is 4.79 Å². The van der Waals surface area contributed by atoms with E-state index in [1.807, 2.05) is 34.0 Å². The van der Waals surface area contributed by atoms with Crippen molar-refractivity contribution in [2.75, 3.05) is 13.1 Å². The average Bonchev–Trinajstić information content (AvgIpc) is 3.29. The molecule has 4 rings (SSSR count). The summed E-state index contributed by atoms with van der Waals surface area (Å²) in [5, 5.41) is 16.7. The summed E-state index contributed by atoms with van der Waals surface area (Å²) in [7, 11) is 0. The van der Waals surface area contributed by atoms with Crippen LogP contribution in [0.4, 0.5) is 0 Å². The van der Waals surface area contributed by atoms with Crippen LogP contribution < -0.4 is 0 Å². The summed E-state index contributed by atoms with van der Waals surface area (Å²) in [6, 6.07) is 10.2. The van der Waals surface area contributed by atoms with Gasteiger partial charge in [0.15, 0.2) is 5.66 Å². The summed E-state index contributed by atoms with van der Waals surface area (Å²) >= 11 is 0. The number of nitrogens with zero attached hydrogens (tertiary/aromatic N) is 6. The molecule has 27 heavy (non-hydrogen) atoms. The first-order valence-corrected chi connectivity index (χ1v) is 9.27. The van der Waals surface area contributed by atoms with E-state index in [-0.39, 0.29) is 17.5 Å². The highest BCUT2D eigenvalue weighted by Crippen LogP contribution is 2.38. The molecule has 1 aromatic carbocycles. The third-order valence-corrected chi connectivity index (χ3v) is 5.19. The fraction of sp³-hybridized carbons (Fsp3) is 0.450. The molecule has 1 aromatic heterocycles. The van der Waals surface area contributed by atoms with Gasteiger partial charge in [-0.1, -0.05) is 35.5 Å². The van der Waals surface area contributed by atoms with Gasteiger partial charge in [0.1, 0.15) is 0 Å². The number of benzene rings is 1. The summed E-state index contributed by atoms with van der Waals surface area (Å²) in [5.41, 5.74) is 1.76. The van der Waals surface area contributed by atoms with Crippen molar-refractivity contribution < 1.29 is 4.79 Å². The van der Waals surface area contributed by atoms with Crippen LogP contribution in [0.5, 0.6) is 0 Å². The molecular formula is C20H22N6O. The standard InChI is InChI=1S/C20H22N6O/c1-2-3-10-20(22-23-20)11-9-19(27)25-13-17(14-25)18-15-26(24-21-18)12-16-7-5-4-6-8-16/h1,4-8,15,17H,3,9-14H2. The molecule has 7 nitrogen and oxygen atoms in total. The largest absolute Gasteiger partial charge is 0.341 e. The van der Waals surface area contributed by atoms with E-state index in [1.54, 1.807) is 0 Å². The Morgan fingerprint density at radius 1 is 1.22 bits per heavy atom. The van der Waals surface area contributed by atoms with Crippen LogP contribution in [0, 0.1) is 12.3 Å². The maximum atomic E-state index is 12.4. The molecule has 0 atom stereocenters. The number of hydrogen-bond acceptors (Lipinski definition) is 5. The fourth-order valence-corrected chi connectivity index (χ4v) is 3.35. The molecule has 0 radical (unpaired) electrons. The first-order chi connectivity index (χ1) is 13.2. The van der Waals surface area contributed by atoms with Crippen LogP contribution in [0.3, 0.4) is 0 Å². The molecule has 2 aromatic rings. The molecule has 138 valence electrons. The van der Waals surface area contributed by atoms with Crippen LogP contribution in [0.15, 0.2) is 46.8 Å². The van der Waals surface area contributed by atoms with E-state index >= 15 is 0 Å². The van der Waals surface area contributed by atoms with Gasteiger partial charge >= 0.3 is 0 Å². The lowest BCUT2D eigenvalue weighted by Crippen LogP contribution is -2.48. The van der Waals surface area contributed by atoms with E-state index in [4.69, 9.17) is 6.42 Å². The van der Waals surface area contributed by atoms with Crippen LogP contribution >= 0.6 is 0 Å². The molecule has 0 unspecified atom stereocenters. The predicted octanol–water partition coefficient (Wildman–Crippen LogP) is 2.61. The molecule has 0 bridgehead atoms. The van der Waals surface area contributed by atoms with Crippen molar-refractivity contribution in [3.63, 3.8) is 0 Å². The summed E-state index contributed by atoms with van der Waals surface area (Å²) in [6.45, 7) is 2.11. The molecule has 2 aliphatic rings. The monoisotopic (exact) mass is 362 g/mol. The molecule has 0 spiro atoms. The number of carbonyl (C=O) groups is 1. The van der Waals surface area contributed by atoms with Crippen molar-refractivity contribution in [3.8, 4) is 12.3 Å². The van der Waals surface area contributed by atoms with Crippen LogP contribution in [0.25, 0.3) is 0 Å². The first kappa shape index (κ1) is 17.4. The van der Waals surface area contributed by atoms with E-state index in [1.165, 1.54) is 5.56 Å². The van der Waals surface area contributed by atoms with Crippen LogP contribution in [-0.4, -0.2) is 44.6 Å². The maximum Gasteiger partial charge on any atom is 0.222 e. The summed E-state index contributed by atoms with van der Waals surface area (Å²) in [5.74, 6) is 3.03. The Labute approximate surface area is 158 Å². The summed E-state index contributed by atoms with van der Waals surface area (Å²) in [6.07, 6.45) is 9.78. The molecule has 2 aliphatic heterocycles. The minimum Gasteiger partial charge on any atom is -0.341 e. The van der Waals surface area contributed by atoms with Crippen molar-refractivity contribution in [2.24, 2.45) is 10.2 Å². The van der Waals surface area contributed by atoms with Crippen molar-refractivity contribution in [1.29, 1.82) is 0 Å². The molecular weight excluding hydrogens is 340 g/mol. The van der Waals surface area contributed by atoms with Gasteiger partial charge in [0.25, 0.3) is 0 Å². The highest BCUT2D eigenvalue weighted by molar-refractivity contribution is 5.77. The summed E-state index contributed by atoms with van der Waals surface area (Å²) < 4.78 is 1.85. The zero-order chi connectivity index (χ0) is 18.7. The fourth-order valence-electron chi connectivity index (χ4n) is 3.35. The number of aromatic nitrogens is 3. The molecule has 1 fully saturated rings. The molecule has 1 saturated heterocycles. The Balaban J connectivity index is 1.23. The Morgan fingerprint density at radius 2 is 2.00 bits per heavy atom. The molecule has 0 aliphatic carbocycles. The first-order valence-electron chi connectivity index (χ1n) is 9.27. The van der Waals surface area contributed by atoms with Gasteiger partial charge in [0.05, 0.1) is 12.2 Å². The highest BCUT2D eigenvalue weighted by atomic mass is 16.2. The second kappa shape index (κ2) is 7.31. The van der Waals surface area contributed by atoms with Gasteiger partial charge in [-0.05, 0) is 5.56 Å². The van der Waals surface area contributed by atoms with Gasteiger partial charge < -0.3 is 4.90 Å². The van der Waals surface area contributed by atoms with Crippen LogP contribution in [-0.2, 0) is 11.3 Å². The zero-order valence-corrected chi connectivity index (χ0v) is 15.2.